The molecule has 17 heavy (non-hydrogen) atoms. The predicted molar refractivity (Wildman–Crippen MR) is 59.0 cm³/mol. The first-order valence-corrected chi connectivity index (χ1v) is 6.61. The SMILES string of the molecule is Cc1cc(S(=O)(=O)C2(CO)COC2)ccc1F. The van der Waals surface area contributed by atoms with E-state index in [1.54, 1.807) is 0 Å². The summed E-state index contributed by atoms with van der Waals surface area (Å²) in [4.78, 5) is 0.0220. The summed E-state index contributed by atoms with van der Waals surface area (Å²) >= 11 is 0. The largest absolute Gasteiger partial charge is 0.395 e. The Balaban J connectivity index is 2.48. The smallest absolute Gasteiger partial charge is 0.190 e. The highest BCUT2D eigenvalue weighted by Gasteiger charge is 2.51. The number of hydrogen-bond acceptors (Lipinski definition) is 4. The van der Waals surface area contributed by atoms with Gasteiger partial charge in [-0.1, -0.05) is 0 Å². The van der Waals surface area contributed by atoms with Crippen LogP contribution in [0.1, 0.15) is 5.56 Å². The van der Waals surface area contributed by atoms with Gasteiger partial charge in [-0.3, -0.25) is 0 Å². The van der Waals surface area contributed by atoms with Crippen LogP contribution in [0.4, 0.5) is 4.39 Å². The molecule has 0 aliphatic carbocycles. The number of sulfone groups is 1. The highest BCUT2D eigenvalue weighted by Crippen LogP contribution is 2.32. The van der Waals surface area contributed by atoms with Crippen molar-refractivity contribution in [3.63, 3.8) is 0 Å². The van der Waals surface area contributed by atoms with Crippen LogP contribution in [0.2, 0.25) is 0 Å². The number of ether oxygens (including phenoxy) is 1. The Morgan fingerprint density at radius 1 is 1.47 bits per heavy atom. The van der Waals surface area contributed by atoms with E-state index in [1.165, 1.54) is 19.1 Å². The number of aryl methyl sites for hydroxylation is 1. The molecule has 0 amide bonds. The molecule has 0 bridgehead atoms. The van der Waals surface area contributed by atoms with Crippen molar-refractivity contribution in [3.05, 3.63) is 29.6 Å². The van der Waals surface area contributed by atoms with Crippen molar-refractivity contribution in [3.8, 4) is 0 Å². The molecule has 1 aromatic rings. The van der Waals surface area contributed by atoms with Gasteiger partial charge in [-0.15, -0.1) is 0 Å². The molecule has 0 saturated carbocycles. The maximum Gasteiger partial charge on any atom is 0.190 e. The molecule has 1 aromatic carbocycles. The lowest BCUT2D eigenvalue weighted by atomic mass is 10.1. The first-order valence-electron chi connectivity index (χ1n) is 5.12. The van der Waals surface area contributed by atoms with E-state index < -0.39 is 27.0 Å². The van der Waals surface area contributed by atoms with Crippen molar-refractivity contribution in [2.45, 2.75) is 16.6 Å². The molecule has 6 heteroatoms. The first kappa shape index (κ1) is 12.5. The lowest BCUT2D eigenvalue weighted by Crippen LogP contribution is -2.58. The fourth-order valence-corrected chi connectivity index (χ4v) is 3.42. The Morgan fingerprint density at radius 2 is 2.12 bits per heavy atom. The molecule has 0 spiro atoms. The average Bonchev–Trinajstić information content (AvgIpc) is 2.20. The molecule has 0 atom stereocenters. The van der Waals surface area contributed by atoms with E-state index in [0.29, 0.717) is 0 Å². The zero-order valence-corrected chi connectivity index (χ0v) is 10.1. The minimum Gasteiger partial charge on any atom is -0.395 e. The second-order valence-electron chi connectivity index (χ2n) is 4.25. The molecule has 1 aliphatic rings. The van der Waals surface area contributed by atoms with Gasteiger partial charge in [0, 0.05) is 0 Å². The number of halogens is 1. The summed E-state index contributed by atoms with van der Waals surface area (Å²) < 4.78 is 41.2. The van der Waals surface area contributed by atoms with Crippen molar-refractivity contribution in [1.29, 1.82) is 0 Å². The van der Waals surface area contributed by atoms with Crippen LogP contribution in [0, 0.1) is 12.7 Å². The summed E-state index contributed by atoms with van der Waals surface area (Å²) in [6.45, 7) is 0.952. The van der Waals surface area contributed by atoms with E-state index in [9.17, 15) is 17.9 Å². The Kier molecular flexibility index (Phi) is 2.97. The maximum absolute atomic E-state index is 13.1. The van der Waals surface area contributed by atoms with E-state index in [1.807, 2.05) is 0 Å². The Labute approximate surface area is 98.9 Å². The lowest BCUT2D eigenvalue weighted by Gasteiger charge is -2.38. The number of aliphatic hydroxyl groups is 1. The van der Waals surface area contributed by atoms with Gasteiger partial charge in [0.2, 0.25) is 0 Å². The standard InChI is InChI=1S/C11H13FO4S/c1-8-4-9(2-3-10(8)12)17(14,15)11(5-13)6-16-7-11/h2-4,13H,5-7H2,1H3. The van der Waals surface area contributed by atoms with Gasteiger partial charge < -0.3 is 9.84 Å². The normalized spacial score (nSPS) is 18.8. The summed E-state index contributed by atoms with van der Waals surface area (Å²) in [6, 6.07) is 3.61. The highest BCUT2D eigenvalue weighted by molar-refractivity contribution is 7.93. The van der Waals surface area contributed by atoms with Crippen molar-refractivity contribution in [2.24, 2.45) is 0 Å². The topological polar surface area (TPSA) is 63.6 Å². The third-order valence-corrected chi connectivity index (χ3v) is 5.41. The van der Waals surface area contributed by atoms with Crippen molar-refractivity contribution >= 4 is 9.84 Å². The van der Waals surface area contributed by atoms with E-state index in [0.717, 1.165) is 6.07 Å². The van der Waals surface area contributed by atoms with Crippen LogP contribution >= 0.6 is 0 Å². The fraction of sp³-hybridized carbons (Fsp3) is 0.455. The molecule has 1 aliphatic heterocycles. The summed E-state index contributed by atoms with van der Waals surface area (Å²) in [5.74, 6) is -0.452. The van der Waals surface area contributed by atoms with Crippen molar-refractivity contribution in [1.82, 2.24) is 0 Å². The average molecular weight is 260 g/mol. The molecule has 94 valence electrons. The minimum absolute atomic E-state index is 0.0220. The lowest BCUT2D eigenvalue weighted by molar-refractivity contribution is -0.0367. The van der Waals surface area contributed by atoms with Crippen LogP contribution in [-0.4, -0.2) is 38.1 Å². The van der Waals surface area contributed by atoms with Gasteiger partial charge in [-0.05, 0) is 30.7 Å². The molecule has 4 nitrogen and oxygen atoms in total. The minimum atomic E-state index is -3.69. The van der Waals surface area contributed by atoms with Crippen LogP contribution in [0.3, 0.4) is 0 Å². The van der Waals surface area contributed by atoms with Crippen LogP contribution in [0.25, 0.3) is 0 Å². The van der Waals surface area contributed by atoms with Crippen LogP contribution in [0.5, 0.6) is 0 Å². The van der Waals surface area contributed by atoms with Gasteiger partial charge in [-0.2, -0.15) is 0 Å². The summed E-state index contributed by atoms with van der Waals surface area (Å²) in [7, 11) is -3.69. The summed E-state index contributed by atoms with van der Waals surface area (Å²) in [5.41, 5.74) is 0.263. The third-order valence-electron chi connectivity index (χ3n) is 3.03. The number of rotatable bonds is 3. The zero-order valence-electron chi connectivity index (χ0n) is 9.31. The molecule has 0 unspecified atom stereocenters. The maximum atomic E-state index is 13.1. The van der Waals surface area contributed by atoms with Gasteiger partial charge >= 0.3 is 0 Å². The Bertz CT molecular complexity index is 529. The Morgan fingerprint density at radius 3 is 2.53 bits per heavy atom. The number of aliphatic hydroxyl groups excluding tert-OH is 1. The highest BCUT2D eigenvalue weighted by atomic mass is 32.2. The van der Waals surface area contributed by atoms with Crippen LogP contribution < -0.4 is 0 Å². The van der Waals surface area contributed by atoms with E-state index >= 15 is 0 Å². The monoisotopic (exact) mass is 260 g/mol. The Hall–Kier alpha value is -0.980. The van der Waals surface area contributed by atoms with Crippen LogP contribution in [-0.2, 0) is 14.6 Å². The fourth-order valence-electron chi connectivity index (χ4n) is 1.70. The predicted octanol–water partition coefficient (Wildman–Crippen LogP) is 0.669. The summed E-state index contributed by atoms with van der Waals surface area (Å²) in [5, 5.41) is 9.22. The van der Waals surface area contributed by atoms with Gasteiger partial charge in [0.15, 0.2) is 9.84 Å². The van der Waals surface area contributed by atoms with Gasteiger partial charge in [-0.25, -0.2) is 12.8 Å². The molecule has 0 aromatic heterocycles. The van der Waals surface area contributed by atoms with Crippen molar-refractivity contribution in [2.75, 3.05) is 19.8 Å². The second-order valence-corrected chi connectivity index (χ2v) is 6.59. The van der Waals surface area contributed by atoms with Gasteiger partial charge in [0.05, 0.1) is 24.7 Å². The molecule has 1 saturated heterocycles. The molecule has 1 N–H and O–H groups in total. The number of hydrogen-bond donors (Lipinski definition) is 1. The van der Waals surface area contributed by atoms with E-state index in [4.69, 9.17) is 4.74 Å². The molecular weight excluding hydrogens is 247 g/mol. The van der Waals surface area contributed by atoms with Crippen LogP contribution in [0.15, 0.2) is 23.1 Å². The zero-order chi connectivity index (χ0) is 12.7. The molecule has 0 radical (unpaired) electrons. The molecule has 1 heterocycles. The number of benzene rings is 1. The molecule has 2 rings (SSSR count). The third kappa shape index (κ3) is 1.76. The van der Waals surface area contributed by atoms with Gasteiger partial charge in [0.25, 0.3) is 0 Å². The van der Waals surface area contributed by atoms with Gasteiger partial charge in [0.1, 0.15) is 10.6 Å². The second kappa shape index (κ2) is 4.04. The molecule has 1 fully saturated rings. The van der Waals surface area contributed by atoms with E-state index in [2.05, 4.69) is 0 Å². The quantitative estimate of drug-likeness (QED) is 0.811. The summed E-state index contributed by atoms with van der Waals surface area (Å²) in [6.07, 6.45) is 0. The van der Waals surface area contributed by atoms with Crippen molar-refractivity contribution < 1.29 is 22.7 Å². The molecular formula is C11H13FO4S. The van der Waals surface area contributed by atoms with E-state index in [-0.39, 0.29) is 23.7 Å². The first-order chi connectivity index (χ1) is 7.93.